The smallest absolute Gasteiger partial charge is 0.251 e. The number of hydrogen-bond acceptors (Lipinski definition) is 4. The Bertz CT molecular complexity index is 555. The summed E-state index contributed by atoms with van der Waals surface area (Å²) in [6.07, 6.45) is 4.90. The number of carbonyl (C=O) groups excluding carboxylic acids is 1. The standard InChI is InChI=1S/C17H24FN3O2/c1-23-16-8-11(2-5-15(16)18)17(22)20-7-6-19-14-9-12-3-4-13(10-14)21-12/h2,5,8,12-14,19,21H,3-4,6-7,9-10H2,1H3,(H,20,22). The van der Waals surface area contributed by atoms with Crippen LogP contribution in [0.4, 0.5) is 4.39 Å². The van der Waals surface area contributed by atoms with Gasteiger partial charge in [-0.3, -0.25) is 4.79 Å². The molecule has 5 nitrogen and oxygen atoms in total. The van der Waals surface area contributed by atoms with Crippen molar-refractivity contribution in [1.29, 1.82) is 0 Å². The van der Waals surface area contributed by atoms with Crippen molar-refractivity contribution in [2.75, 3.05) is 20.2 Å². The summed E-state index contributed by atoms with van der Waals surface area (Å²) >= 11 is 0. The summed E-state index contributed by atoms with van der Waals surface area (Å²) in [7, 11) is 1.39. The number of hydrogen-bond donors (Lipinski definition) is 3. The van der Waals surface area contributed by atoms with Crippen molar-refractivity contribution in [1.82, 2.24) is 16.0 Å². The van der Waals surface area contributed by atoms with Crippen molar-refractivity contribution in [2.45, 2.75) is 43.8 Å². The Kier molecular flexibility index (Phi) is 5.13. The molecule has 2 saturated heterocycles. The van der Waals surface area contributed by atoms with Gasteiger partial charge in [0.05, 0.1) is 7.11 Å². The molecule has 1 aromatic carbocycles. The second-order valence-electron chi connectivity index (χ2n) is 6.37. The van der Waals surface area contributed by atoms with Crippen molar-refractivity contribution in [3.05, 3.63) is 29.6 Å². The average molecular weight is 321 g/mol. The van der Waals surface area contributed by atoms with Crippen LogP contribution in [0.1, 0.15) is 36.0 Å². The summed E-state index contributed by atoms with van der Waals surface area (Å²) in [5.41, 5.74) is 0.406. The maximum atomic E-state index is 13.3. The fourth-order valence-electron chi connectivity index (χ4n) is 3.58. The summed E-state index contributed by atoms with van der Waals surface area (Å²) in [5.74, 6) is -0.595. The molecule has 0 spiro atoms. The summed E-state index contributed by atoms with van der Waals surface area (Å²) < 4.78 is 18.2. The average Bonchev–Trinajstić information content (AvgIpc) is 2.90. The Morgan fingerprint density at radius 2 is 2.04 bits per heavy atom. The minimum absolute atomic E-state index is 0.0842. The van der Waals surface area contributed by atoms with E-state index in [4.69, 9.17) is 4.74 Å². The van der Waals surface area contributed by atoms with E-state index in [9.17, 15) is 9.18 Å². The van der Waals surface area contributed by atoms with Crippen molar-refractivity contribution in [2.24, 2.45) is 0 Å². The van der Waals surface area contributed by atoms with E-state index in [2.05, 4.69) is 16.0 Å². The fraction of sp³-hybridized carbons (Fsp3) is 0.588. The van der Waals surface area contributed by atoms with Crippen LogP contribution in [-0.4, -0.2) is 44.2 Å². The predicted molar refractivity (Wildman–Crippen MR) is 86.3 cm³/mol. The van der Waals surface area contributed by atoms with E-state index < -0.39 is 5.82 Å². The Morgan fingerprint density at radius 1 is 1.30 bits per heavy atom. The van der Waals surface area contributed by atoms with Crippen LogP contribution in [-0.2, 0) is 0 Å². The molecule has 2 atom stereocenters. The second-order valence-corrected chi connectivity index (χ2v) is 6.37. The van der Waals surface area contributed by atoms with Crippen LogP contribution >= 0.6 is 0 Å². The number of fused-ring (bicyclic) bond motifs is 2. The van der Waals surface area contributed by atoms with E-state index in [0.29, 0.717) is 30.2 Å². The van der Waals surface area contributed by atoms with E-state index in [0.717, 1.165) is 6.54 Å². The van der Waals surface area contributed by atoms with Gasteiger partial charge in [-0.15, -0.1) is 0 Å². The lowest BCUT2D eigenvalue weighted by atomic mass is 10.00. The van der Waals surface area contributed by atoms with E-state index in [1.165, 1.54) is 51.0 Å². The third-order valence-electron chi connectivity index (χ3n) is 4.73. The predicted octanol–water partition coefficient (Wildman–Crippen LogP) is 1.44. The molecular weight excluding hydrogens is 297 g/mol. The number of ether oxygens (including phenoxy) is 1. The molecule has 3 rings (SSSR count). The van der Waals surface area contributed by atoms with Crippen molar-refractivity contribution in [3.63, 3.8) is 0 Å². The van der Waals surface area contributed by atoms with Crippen LogP contribution in [0.3, 0.4) is 0 Å². The summed E-state index contributed by atoms with van der Waals surface area (Å²) in [6, 6.07) is 5.99. The largest absolute Gasteiger partial charge is 0.494 e. The molecule has 2 heterocycles. The van der Waals surface area contributed by atoms with Gasteiger partial charge >= 0.3 is 0 Å². The third-order valence-corrected chi connectivity index (χ3v) is 4.73. The lowest BCUT2D eigenvalue weighted by Crippen LogP contribution is -2.47. The minimum atomic E-state index is -0.466. The number of nitrogens with one attached hydrogen (secondary N) is 3. The first-order valence-electron chi connectivity index (χ1n) is 8.27. The van der Waals surface area contributed by atoms with Gasteiger partial charge in [-0.05, 0) is 43.9 Å². The Balaban J connectivity index is 1.41. The highest BCUT2D eigenvalue weighted by Gasteiger charge is 2.32. The molecule has 0 aliphatic carbocycles. The maximum absolute atomic E-state index is 13.3. The highest BCUT2D eigenvalue weighted by molar-refractivity contribution is 5.94. The van der Waals surface area contributed by atoms with Gasteiger partial charge in [0.15, 0.2) is 11.6 Å². The lowest BCUT2D eigenvalue weighted by molar-refractivity contribution is 0.0952. The Morgan fingerprint density at radius 3 is 2.74 bits per heavy atom. The zero-order chi connectivity index (χ0) is 16.2. The topological polar surface area (TPSA) is 62.4 Å². The van der Waals surface area contributed by atoms with Crippen molar-refractivity contribution >= 4 is 5.91 Å². The normalized spacial score (nSPS) is 26.1. The number of carbonyl (C=O) groups is 1. The third kappa shape index (κ3) is 4.00. The van der Waals surface area contributed by atoms with Gasteiger partial charge in [-0.2, -0.15) is 0 Å². The molecule has 0 radical (unpaired) electrons. The molecule has 126 valence electrons. The first-order chi connectivity index (χ1) is 11.2. The van der Waals surface area contributed by atoms with Crippen LogP contribution < -0.4 is 20.7 Å². The van der Waals surface area contributed by atoms with Gasteiger partial charge < -0.3 is 20.7 Å². The number of halogens is 1. The van der Waals surface area contributed by atoms with Crippen LogP contribution in [0.5, 0.6) is 5.75 Å². The molecular formula is C17H24FN3O2. The minimum Gasteiger partial charge on any atom is -0.494 e. The fourth-order valence-corrected chi connectivity index (χ4v) is 3.58. The van der Waals surface area contributed by atoms with Gasteiger partial charge in [-0.25, -0.2) is 4.39 Å². The van der Waals surface area contributed by atoms with Crippen molar-refractivity contribution < 1.29 is 13.9 Å². The maximum Gasteiger partial charge on any atom is 0.251 e. The van der Waals surface area contributed by atoms with Gasteiger partial charge in [0, 0.05) is 36.8 Å². The van der Waals surface area contributed by atoms with E-state index in [1.807, 2.05) is 0 Å². The number of benzene rings is 1. The first kappa shape index (κ1) is 16.2. The highest BCUT2D eigenvalue weighted by atomic mass is 19.1. The van der Waals surface area contributed by atoms with E-state index >= 15 is 0 Å². The molecule has 0 aromatic heterocycles. The first-order valence-corrected chi connectivity index (χ1v) is 8.27. The van der Waals surface area contributed by atoms with Crippen LogP contribution in [0.15, 0.2) is 18.2 Å². The summed E-state index contributed by atoms with van der Waals surface area (Å²) in [6.45, 7) is 1.30. The van der Waals surface area contributed by atoms with Crippen LogP contribution in [0.2, 0.25) is 0 Å². The molecule has 2 unspecified atom stereocenters. The summed E-state index contributed by atoms with van der Waals surface area (Å²) in [4.78, 5) is 12.1. The molecule has 3 N–H and O–H groups in total. The molecule has 0 saturated carbocycles. The SMILES string of the molecule is COc1cc(C(=O)NCCNC2CC3CCC(C2)N3)ccc1F. The lowest BCUT2D eigenvalue weighted by Gasteiger charge is -2.29. The number of rotatable bonds is 6. The Labute approximate surface area is 136 Å². The Hall–Kier alpha value is -1.66. The summed E-state index contributed by atoms with van der Waals surface area (Å²) in [5, 5.41) is 9.99. The molecule has 23 heavy (non-hydrogen) atoms. The quantitative estimate of drug-likeness (QED) is 0.694. The second kappa shape index (κ2) is 7.27. The van der Waals surface area contributed by atoms with Crippen molar-refractivity contribution in [3.8, 4) is 5.75 Å². The number of methoxy groups -OCH3 is 1. The zero-order valence-corrected chi connectivity index (χ0v) is 13.4. The van der Waals surface area contributed by atoms with Crippen LogP contribution in [0.25, 0.3) is 0 Å². The molecule has 2 fully saturated rings. The van der Waals surface area contributed by atoms with E-state index in [-0.39, 0.29) is 11.7 Å². The molecule has 2 bridgehead atoms. The monoisotopic (exact) mass is 321 g/mol. The molecule has 6 heteroatoms. The zero-order valence-electron chi connectivity index (χ0n) is 13.4. The van der Waals surface area contributed by atoms with Gasteiger partial charge in [-0.1, -0.05) is 0 Å². The van der Waals surface area contributed by atoms with Gasteiger partial charge in [0.2, 0.25) is 0 Å². The van der Waals surface area contributed by atoms with Gasteiger partial charge in [0.25, 0.3) is 5.91 Å². The number of amides is 1. The van der Waals surface area contributed by atoms with E-state index in [1.54, 1.807) is 0 Å². The molecule has 2 aliphatic rings. The molecule has 1 aromatic rings. The molecule has 2 aliphatic heterocycles. The van der Waals surface area contributed by atoms with Gasteiger partial charge in [0.1, 0.15) is 0 Å². The molecule has 1 amide bonds. The number of piperidine rings is 1. The highest BCUT2D eigenvalue weighted by Crippen LogP contribution is 2.26. The van der Waals surface area contributed by atoms with Crippen LogP contribution in [0, 0.1) is 5.82 Å².